The molecule has 25 heavy (non-hydrogen) atoms. The maximum Gasteiger partial charge on any atom is 0.426 e. The fourth-order valence-corrected chi connectivity index (χ4v) is 3.62. The van der Waals surface area contributed by atoms with Crippen molar-refractivity contribution in [2.75, 3.05) is 6.54 Å². The van der Waals surface area contributed by atoms with Crippen LogP contribution in [0.15, 0.2) is 0 Å². The minimum Gasteiger partial charge on any atom is -0.373 e. The normalized spacial score (nSPS) is 25.3. The lowest BCUT2D eigenvalue weighted by Crippen LogP contribution is -2.62. The third kappa shape index (κ3) is 4.98. The van der Waals surface area contributed by atoms with E-state index >= 15 is 0 Å². The smallest absolute Gasteiger partial charge is 0.373 e. The van der Waals surface area contributed by atoms with E-state index in [4.69, 9.17) is 4.55 Å². The molecule has 0 amide bonds. The summed E-state index contributed by atoms with van der Waals surface area (Å²) in [5.74, 6) is -2.32. The molecule has 4 nitrogen and oxygen atoms in total. The molecule has 1 fully saturated rings. The second kappa shape index (κ2) is 7.19. The Morgan fingerprint density at radius 1 is 0.880 bits per heavy atom. The van der Waals surface area contributed by atoms with Gasteiger partial charge in [-0.3, -0.25) is 4.55 Å². The lowest BCUT2D eigenvalue weighted by molar-refractivity contribution is -0.387. The molecule has 0 aromatic heterocycles. The summed E-state index contributed by atoms with van der Waals surface area (Å²) < 4.78 is 134. The van der Waals surface area contributed by atoms with E-state index in [0.717, 1.165) is 0 Å². The predicted molar refractivity (Wildman–Crippen MR) is 66.3 cm³/mol. The van der Waals surface area contributed by atoms with Crippen LogP contribution in [0.2, 0.25) is 0 Å². The van der Waals surface area contributed by atoms with Gasteiger partial charge in [0.15, 0.2) is 0 Å². The van der Waals surface area contributed by atoms with E-state index in [2.05, 4.69) is 0 Å². The van der Waals surface area contributed by atoms with Gasteiger partial charge in [0.25, 0.3) is 5.60 Å². The average Bonchev–Trinajstić information content (AvgIpc) is 2.40. The third-order valence-corrected chi connectivity index (χ3v) is 4.92. The van der Waals surface area contributed by atoms with Crippen molar-refractivity contribution in [3.63, 3.8) is 0 Å². The Labute approximate surface area is 138 Å². The van der Waals surface area contributed by atoms with Gasteiger partial charge in [-0.25, -0.2) is 4.21 Å². The maximum atomic E-state index is 12.8. The molecule has 0 spiro atoms. The van der Waals surface area contributed by atoms with E-state index < -0.39 is 79.6 Å². The molecule has 1 aliphatic carbocycles. The van der Waals surface area contributed by atoms with Crippen molar-refractivity contribution in [3.8, 4) is 0 Å². The molecule has 1 rings (SSSR count). The SMILES string of the molecule is O=S(O)N(CC(F)(F)F)C1CCC(C(O)(C(F)(F)F)C(F)(F)F)CC1. The van der Waals surface area contributed by atoms with E-state index in [9.17, 15) is 48.8 Å². The highest BCUT2D eigenvalue weighted by atomic mass is 32.2. The first kappa shape index (κ1) is 22.4. The Kier molecular flexibility index (Phi) is 6.46. The summed E-state index contributed by atoms with van der Waals surface area (Å²) in [5, 5.41) is 9.28. The van der Waals surface area contributed by atoms with E-state index in [1.807, 2.05) is 0 Å². The van der Waals surface area contributed by atoms with Gasteiger partial charge in [-0.2, -0.15) is 43.8 Å². The fourth-order valence-electron chi connectivity index (χ4n) is 2.89. The molecule has 14 heteroatoms. The minimum atomic E-state index is -6.02. The Hall–Kier alpha value is -0.600. The first-order chi connectivity index (χ1) is 11.0. The lowest BCUT2D eigenvalue weighted by Gasteiger charge is -2.43. The molecule has 0 aromatic rings. The molecule has 2 N–H and O–H groups in total. The lowest BCUT2D eigenvalue weighted by atomic mass is 9.74. The summed E-state index contributed by atoms with van der Waals surface area (Å²) >= 11 is -3.11. The van der Waals surface area contributed by atoms with Crippen LogP contribution in [-0.4, -0.2) is 54.9 Å². The molecule has 150 valence electrons. The van der Waals surface area contributed by atoms with Gasteiger partial charge in [0, 0.05) is 12.0 Å². The Morgan fingerprint density at radius 2 is 1.28 bits per heavy atom. The topological polar surface area (TPSA) is 60.8 Å². The van der Waals surface area contributed by atoms with Gasteiger partial charge in [0.1, 0.15) is 6.54 Å². The van der Waals surface area contributed by atoms with Crippen molar-refractivity contribution in [1.29, 1.82) is 0 Å². The van der Waals surface area contributed by atoms with Crippen LogP contribution >= 0.6 is 0 Å². The quantitative estimate of drug-likeness (QED) is 0.551. The summed E-state index contributed by atoms with van der Waals surface area (Å²) in [6.07, 6.45) is -20.0. The van der Waals surface area contributed by atoms with Crippen molar-refractivity contribution >= 4 is 11.3 Å². The zero-order chi connectivity index (χ0) is 19.8. The molecule has 1 aliphatic rings. The number of halogens is 9. The zero-order valence-corrected chi connectivity index (χ0v) is 13.1. The molecule has 0 bridgehead atoms. The highest BCUT2D eigenvalue weighted by Gasteiger charge is 2.73. The Bertz CT molecular complexity index is 469. The second-order valence-electron chi connectivity index (χ2n) is 5.69. The van der Waals surface area contributed by atoms with Gasteiger partial charge in [0.05, 0.1) is 0 Å². The largest absolute Gasteiger partial charge is 0.426 e. The third-order valence-electron chi connectivity index (χ3n) is 4.09. The minimum absolute atomic E-state index is 0.0520. The number of rotatable bonds is 4. The van der Waals surface area contributed by atoms with Gasteiger partial charge >= 0.3 is 18.5 Å². The zero-order valence-electron chi connectivity index (χ0n) is 12.3. The fraction of sp³-hybridized carbons (Fsp3) is 1.00. The van der Waals surface area contributed by atoms with Crippen LogP contribution in [-0.2, 0) is 11.3 Å². The van der Waals surface area contributed by atoms with Gasteiger partial charge in [-0.15, -0.1) is 0 Å². The van der Waals surface area contributed by atoms with Gasteiger partial charge in [0.2, 0.25) is 11.3 Å². The highest BCUT2D eigenvalue weighted by molar-refractivity contribution is 7.76. The van der Waals surface area contributed by atoms with Gasteiger partial charge in [-0.1, -0.05) is 0 Å². The van der Waals surface area contributed by atoms with Gasteiger partial charge < -0.3 is 5.11 Å². The first-order valence-electron chi connectivity index (χ1n) is 6.81. The van der Waals surface area contributed by atoms with Crippen LogP contribution in [0.3, 0.4) is 0 Å². The van der Waals surface area contributed by atoms with Crippen LogP contribution in [0.4, 0.5) is 39.5 Å². The highest BCUT2D eigenvalue weighted by Crippen LogP contribution is 2.51. The summed E-state index contributed by atoms with van der Waals surface area (Å²) in [5.41, 5.74) is -4.99. The standard InChI is InChI=1S/C11H14F9NO3S/c12-8(13,14)5-21(25(23)24)7-3-1-6(2-4-7)9(22,10(15,16)17)11(18,19)20/h6-7,22H,1-5H2,(H,23,24). The summed E-state index contributed by atoms with van der Waals surface area (Å²) in [6, 6.07) is -1.34. The molecule has 1 saturated carbocycles. The molecule has 1 atom stereocenters. The van der Waals surface area contributed by atoms with Crippen molar-refractivity contribution in [3.05, 3.63) is 0 Å². The number of hydrogen-bond donors (Lipinski definition) is 2. The van der Waals surface area contributed by atoms with Crippen molar-refractivity contribution in [1.82, 2.24) is 4.31 Å². The number of hydrogen-bond acceptors (Lipinski definition) is 2. The van der Waals surface area contributed by atoms with E-state index in [0.29, 0.717) is 0 Å². The van der Waals surface area contributed by atoms with Crippen LogP contribution in [0.1, 0.15) is 25.7 Å². The summed E-state index contributed by atoms with van der Waals surface area (Å²) in [7, 11) is 0. The molecule has 0 aliphatic heterocycles. The number of aliphatic hydroxyl groups is 1. The number of alkyl halides is 9. The molecule has 0 radical (unpaired) electrons. The van der Waals surface area contributed by atoms with E-state index in [1.165, 1.54) is 0 Å². The number of nitrogens with zero attached hydrogens (tertiary/aromatic N) is 1. The van der Waals surface area contributed by atoms with E-state index in [1.54, 1.807) is 0 Å². The second-order valence-corrected chi connectivity index (χ2v) is 6.62. The van der Waals surface area contributed by atoms with Crippen molar-refractivity contribution in [2.24, 2.45) is 5.92 Å². The molecular weight excluding hydrogens is 397 g/mol. The van der Waals surface area contributed by atoms with Crippen molar-refractivity contribution < 1.29 is 53.4 Å². The Morgan fingerprint density at radius 3 is 1.56 bits per heavy atom. The average molecular weight is 411 g/mol. The van der Waals surface area contributed by atoms with Crippen LogP contribution in [0.25, 0.3) is 0 Å². The molecular formula is C11H14F9NO3S. The molecule has 0 heterocycles. The molecule has 0 aromatic carbocycles. The van der Waals surface area contributed by atoms with Crippen LogP contribution < -0.4 is 0 Å². The van der Waals surface area contributed by atoms with Crippen molar-refractivity contribution in [2.45, 2.75) is 55.9 Å². The molecule has 0 saturated heterocycles. The first-order valence-corrected chi connectivity index (χ1v) is 7.87. The maximum absolute atomic E-state index is 12.8. The molecule has 1 unspecified atom stereocenters. The summed E-state index contributed by atoms with van der Waals surface area (Å²) in [4.78, 5) is 0. The predicted octanol–water partition coefficient (Wildman–Crippen LogP) is 3.40. The van der Waals surface area contributed by atoms with E-state index in [-0.39, 0.29) is 4.31 Å². The van der Waals surface area contributed by atoms with Crippen LogP contribution in [0, 0.1) is 5.92 Å². The Balaban J connectivity index is 2.94. The van der Waals surface area contributed by atoms with Crippen LogP contribution in [0.5, 0.6) is 0 Å². The summed E-state index contributed by atoms with van der Waals surface area (Å²) in [6.45, 7) is -1.84. The van der Waals surface area contributed by atoms with Gasteiger partial charge in [-0.05, 0) is 25.7 Å². The monoisotopic (exact) mass is 411 g/mol.